The maximum Gasteiger partial charge on any atom is 0.191 e. The fourth-order valence-corrected chi connectivity index (χ4v) is 2.58. The van der Waals surface area contributed by atoms with Crippen molar-refractivity contribution in [2.75, 3.05) is 7.05 Å². The van der Waals surface area contributed by atoms with Crippen molar-refractivity contribution in [1.82, 2.24) is 20.2 Å². The number of nitrogens with one attached hydrogen (secondary N) is 2. The Hall–Kier alpha value is -1.82. The van der Waals surface area contributed by atoms with Gasteiger partial charge in [0.25, 0.3) is 0 Å². The van der Waals surface area contributed by atoms with Crippen molar-refractivity contribution < 1.29 is 0 Å². The van der Waals surface area contributed by atoms with Gasteiger partial charge >= 0.3 is 0 Å². The van der Waals surface area contributed by atoms with Crippen LogP contribution in [0.3, 0.4) is 0 Å². The van der Waals surface area contributed by atoms with Crippen molar-refractivity contribution >= 4 is 17.3 Å². The van der Waals surface area contributed by atoms with E-state index in [1.54, 1.807) is 18.4 Å². The molecule has 0 bridgehead atoms. The van der Waals surface area contributed by atoms with Crippen LogP contribution in [0.25, 0.3) is 0 Å². The van der Waals surface area contributed by atoms with Crippen LogP contribution >= 0.6 is 11.3 Å². The van der Waals surface area contributed by atoms with E-state index in [-0.39, 0.29) is 0 Å². The first-order chi connectivity index (χ1) is 9.71. The molecule has 0 aliphatic carbocycles. The van der Waals surface area contributed by atoms with Crippen LogP contribution in [0.2, 0.25) is 0 Å². The fourth-order valence-electron chi connectivity index (χ4n) is 1.84. The van der Waals surface area contributed by atoms with Crippen molar-refractivity contribution in [2.24, 2.45) is 12.0 Å². The van der Waals surface area contributed by atoms with Crippen LogP contribution in [0.4, 0.5) is 0 Å². The lowest BCUT2D eigenvalue weighted by Gasteiger charge is -2.10. The van der Waals surface area contributed by atoms with E-state index in [0.29, 0.717) is 6.54 Å². The maximum absolute atomic E-state index is 4.53. The summed E-state index contributed by atoms with van der Waals surface area (Å²) in [6.07, 6.45) is 5.12. The van der Waals surface area contributed by atoms with E-state index >= 15 is 0 Å². The average Bonchev–Trinajstić information content (AvgIpc) is 3.08. The van der Waals surface area contributed by atoms with E-state index in [1.165, 1.54) is 10.6 Å². The van der Waals surface area contributed by atoms with E-state index in [4.69, 9.17) is 0 Å². The van der Waals surface area contributed by atoms with Gasteiger partial charge in [-0.1, -0.05) is 6.92 Å². The Labute approximate surface area is 123 Å². The minimum absolute atomic E-state index is 0.699. The molecule has 0 aromatic carbocycles. The van der Waals surface area contributed by atoms with E-state index in [0.717, 1.165) is 24.6 Å². The average molecular weight is 291 g/mol. The van der Waals surface area contributed by atoms with Crippen LogP contribution in [0.15, 0.2) is 28.8 Å². The number of nitrogens with zero attached hydrogens (tertiary/aromatic N) is 3. The molecule has 0 aliphatic rings. The molecule has 5 nitrogen and oxygen atoms in total. The molecule has 108 valence electrons. The largest absolute Gasteiger partial charge is 0.357 e. The third-order valence-electron chi connectivity index (χ3n) is 2.92. The van der Waals surface area contributed by atoms with Crippen molar-refractivity contribution in [2.45, 2.75) is 26.4 Å². The molecule has 0 spiro atoms. The van der Waals surface area contributed by atoms with Gasteiger partial charge < -0.3 is 15.2 Å². The Morgan fingerprint density at radius 1 is 1.40 bits per heavy atom. The second kappa shape index (κ2) is 7.09. The number of rotatable bonds is 5. The monoisotopic (exact) mass is 291 g/mol. The summed E-state index contributed by atoms with van der Waals surface area (Å²) < 4.78 is 2.04. The molecule has 0 saturated heterocycles. The number of hydrogen-bond acceptors (Lipinski definition) is 3. The van der Waals surface area contributed by atoms with E-state index in [9.17, 15) is 0 Å². The molecule has 0 saturated carbocycles. The predicted octanol–water partition coefficient (Wildman–Crippen LogP) is 1.91. The molecule has 2 aromatic rings. The molecule has 2 heterocycles. The normalized spacial score (nSPS) is 11.7. The fraction of sp³-hybridized carbons (Fsp3) is 0.429. The van der Waals surface area contributed by atoms with Crippen molar-refractivity contribution in [1.29, 1.82) is 0 Å². The van der Waals surface area contributed by atoms with E-state index in [1.807, 2.05) is 17.8 Å². The topological polar surface area (TPSA) is 54.2 Å². The van der Waals surface area contributed by atoms with Gasteiger partial charge in [-0.3, -0.25) is 4.99 Å². The third kappa shape index (κ3) is 4.09. The van der Waals surface area contributed by atoms with Gasteiger partial charge in [0.2, 0.25) is 0 Å². The molecule has 2 N–H and O–H groups in total. The predicted molar refractivity (Wildman–Crippen MR) is 83.9 cm³/mol. The molecular weight excluding hydrogens is 270 g/mol. The maximum atomic E-state index is 4.53. The summed E-state index contributed by atoms with van der Waals surface area (Å²) in [7, 11) is 3.79. The molecule has 6 heteroatoms. The van der Waals surface area contributed by atoms with Gasteiger partial charge in [0.1, 0.15) is 0 Å². The molecule has 2 rings (SSSR count). The van der Waals surface area contributed by atoms with Gasteiger partial charge in [0.15, 0.2) is 5.96 Å². The van der Waals surface area contributed by atoms with Crippen LogP contribution in [0, 0.1) is 0 Å². The molecular formula is C14H21N5S. The lowest BCUT2D eigenvalue weighted by Crippen LogP contribution is -2.36. The van der Waals surface area contributed by atoms with Gasteiger partial charge in [-0.15, -0.1) is 11.3 Å². The highest BCUT2D eigenvalue weighted by Gasteiger charge is 2.03. The molecule has 0 aliphatic heterocycles. The third-order valence-corrected chi connectivity index (χ3v) is 3.96. The zero-order valence-corrected chi connectivity index (χ0v) is 13.0. The highest BCUT2D eigenvalue weighted by Crippen LogP contribution is 2.09. The SMILES string of the molecule is CCc1nc(CNC(=NC)NCc2ccn(C)c2)cs1. The van der Waals surface area contributed by atoms with Crippen molar-refractivity contribution in [3.63, 3.8) is 0 Å². The number of guanidine groups is 1. The first-order valence-electron chi connectivity index (χ1n) is 6.70. The second-order valence-electron chi connectivity index (χ2n) is 4.55. The van der Waals surface area contributed by atoms with Crippen LogP contribution in [0.1, 0.15) is 23.2 Å². The van der Waals surface area contributed by atoms with Crippen molar-refractivity contribution in [3.8, 4) is 0 Å². The van der Waals surface area contributed by atoms with Gasteiger partial charge in [0, 0.05) is 38.4 Å². The summed E-state index contributed by atoms with van der Waals surface area (Å²) in [6, 6.07) is 2.09. The van der Waals surface area contributed by atoms with Gasteiger partial charge in [0.05, 0.1) is 17.2 Å². The summed E-state index contributed by atoms with van der Waals surface area (Å²) in [4.78, 5) is 8.74. The summed E-state index contributed by atoms with van der Waals surface area (Å²) in [5.74, 6) is 0.792. The lowest BCUT2D eigenvalue weighted by atomic mass is 10.3. The summed E-state index contributed by atoms with van der Waals surface area (Å²) in [6.45, 7) is 3.58. The molecule has 20 heavy (non-hydrogen) atoms. The Morgan fingerprint density at radius 3 is 2.80 bits per heavy atom. The zero-order valence-electron chi connectivity index (χ0n) is 12.2. The summed E-state index contributed by atoms with van der Waals surface area (Å²) >= 11 is 1.71. The van der Waals surface area contributed by atoms with Gasteiger partial charge in [-0.25, -0.2) is 4.98 Å². The molecule has 0 atom stereocenters. The first-order valence-corrected chi connectivity index (χ1v) is 7.58. The van der Waals surface area contributed by atoms with Gasteiger partial charge in [-0.05, 0) is 18.1 Å². The highest BCUT2D eigenvalue weighted by atomic mass is 32.1. The summed E-state index contributed by atoms with van der Waals surface area (Å²) in [5.41, 5.74) is 2.30. The quantitative estimate of drug-likeness (QED) is 0.653. The first kappa shape index (κ1) is 14.6. The number of thiazole rings is 1. The Morgan fingerprint density at radius 2 is 2.20 bits per heavy atom. The highest BCUT2D eigenvalue weighted by molar-refractivity contribution is 7.09. The minimum atomic E-state index is 0.699. The molecule has 2 aromatic heterocycles. The zero-order chi connectivity index (χ0) is 14.4. The number of hydrogen-bond donors (Lipinski definition) is 2. The van der Waals surface area contributed by atoms with Crippen LogP contribution < -0.4 is 10.6 Å². The molecule has 0 fully saturated rings. The molecule has 0 radical (unpaired) electrons. The lowest BCUT2D eigenvalue weighted by molar-refractivity contribution is 0.793. The van der Waals surface area contributed by atoms with Crippen LogP contribution in [0.5, 0.6) is 0 Å². The number of aryl methyl sites for hydroxylation is 2. The molecule has 0 unspecified atom stereocenters. The van der Waals surface area contributed by atoms with E-state index in [2.05, 4.69) is 45.2 Å². The van der Waals surface area contributed by atoms with Crippen LogP contribution in [-0.4, -0.2) is 22.6 Å². The minimum Gasteiger partial charge on any atom is -0.357 e. The number of aliphatic imine (C=N–C) groups is 1. The van der Waals surface area contributed by atoms with Gasteiger partial charge in [-0.2, -0.15) is 0 Å². The smallest absolute Gasteiger partial charge is 0.191 e. The Bertz CT molecular complexity index is 570. The Kier molecular flexibility index (Phi) is 5.17. The molecule has 0 amide bonds. The summed E-state index contributed by atoms with van der Waals surface area (Å²) in [5, 5.41) is 9.84. The standard InChI is InChI=1S/C14H21N5S/c1-4-13-18-12(10-20-13)8-17-14(15-2)16-7-11-5-6-19(3)9-11/h5-6,9-10H,4,7-8H2,1-3H3,(H2,15,16,17). The second-order valence-corrected chi connectivity index (χ2v) is 5.49. The van der Waals surface area contributed by atoms with E-state index < -0.39 is 0 Å². The van der Waals surface area contributed by atoms with Crippen LogP contribution in [-0.2, 0) is 26.6 Å². The van der Waals surface area contributed by atoms with Crippen molar-refractivity contribution in [3.05, 3.63) is 40.1 Å². The Balaban J connectivity index is 1.80. The number of aromatic nitrogens is 2.